The molecule has 6 aromatic carbocycles. The molecule has 0 unspecified atom stereocenters. The van der Waals surface area contributed by atoms with Crippen LogP contribution in [0.25, 0.3) is 0 Å². The second kappa shape index (κ2) is 12.9. The molecule has 222 valence electrons. The van der Waals surface area contributed by atoms with Gasteiger partial charge in [-0.2, -0.15) is 4.98 Å². The molecule has 7 aromatic rings. The molecular weight excluding hydrogens is 560 g/mol. The molecule has 0 bridgehead atoms. The van der Waals surface area contributed by atoms with Crippen molar-refractivity contribution in [2.75, 3.05) is 10.6 Å². The van der Waals surface area contributed by atoms with Crippen LogP contribution in [0.4, 0.5) is 11.8 Å². The van der Waals surface area contributed by atoms with Crippen molar-refractivity contribution >= 4 is 11.8 Å². The predicted octanol–water partition coefficient (Wildman–Crippen LogP) is 9.28. The number of nitrogens with one attached hydrogen (secondary N) is 2. The van der Waals surface area contributed by atoms with Crippen molar-refractivity contribution in [2.24, 2.45) is 0 Å². The van der Waals surface area contributed by atoms with Gasteiger partial charge in [0, 0.05) is 6.20 Å². The number of rotatable bonds is 10. The number of hydrogen-bond acceptors (Lipinski definition) is 4. The summed E-state index contributed by atoms with van der Waals surface area (Å²) in [7, 11) is 0. The Balaban J connectivity index is 1.39. The summed E-state index contributed by atoms with van der Waals surface area (Å²) >= 11 is 0. The van der Waals surface area contributed by atoms with Crippen LogP contribution >= 0.6 is 0 Å². The van der Waals surface area contributed by atoms with Gasteiger partial charge in [0.25, 0.3) is 0 Å². The molecule has 2 N–H and O–H groups in total. The van der Waals surface area contributed by atoms with Crippen molar-refractivity contribution < 1.29 is 0 Å². The molecule has 4 nitrogen and oxygen atoms in total. The molecule has 0 aliphatic rings. The van der Waals surface area contributed by atoms with E-state index >= 15 is 0 Å². The van der Waals surface area contributed by atoms with Gasteiger partial charge in [0.1, 0.15) is 16.9 Å². The lowest BCUT2D eigenvalue weighted by Crippen LogP contribution is -2.40. The van der Waals surface area contributed by atoms with Crippen LogP contribution in [-0.2, 0) is 11.1 Å². The highest BCUT2D eigenvalue weighted by atomic mass is 15.2. The average molecular weight is 595 g/mol. The summed E-state index contributed by atoms with van der Waals surface area (Å²) < 4.78 is 0. The molecule has 46 heavy (non-hydrogen) atoms. The lowest BCUT2D eigenvalue weighted by molar-refractivity contribution is 0.692. The quantitative estimate of drug-likeness (QED) is 0.155. The second-order valence-electron chi connectivity index (χ2n) is 11.2. The van der Waals surface area contributed by atoms with E-state index in [1.165, 1.54) is 0 Å². The number of benzene rings is 6. The smallest absolute Gasteiger partial charge is 0.225 e. The molecule has 0 saturated carbocycles. The summed E-state index contributed by atoms with van der Waals surface area (Å²) in [4.78, 5) is 9.95. The molecule has 0 amide bonds. The summed E-state index contributed by atoms with van der Waals surface area (Å²) in [6.45, 7) is 0. The van der Waals surface area contributed by atoms with Crippen molar-refractivity contribution in [1.82, 2.24) is 9.97 Å². The molecule has 1 aromatic heterocycles. The molecule has 0 aliphatic heterocycles. The van der Waals surface area contributed by atoms with E-state index in [0.29, 0.717) is 11.8 Å². The molecule has 1 heterocycles. The monoisotopic (exact) mass is 594 g/mol. The molecule has 4 heteroatoms. The van der Waals surface area contributed by atoms with E-state index in [0.717, 1.165) is 33.4 Å². The van der Waals surface area contributed by atoms with Crippen LogP contribution in [0.5, 0.6) is 0 Å². The van der Waals surface area contributed by atoms with E-state index in [9.17, 15) is 0 Å². The summed E-state index contributed by atoms with van der Waals surface area (Å²) in [5.41, 5.74) is 5.10. The van der Waals surface area contributed by atoms with Gasteiger partial charge < -0.3 is 10.6 Å². The van der Waals surface area contributed by atoms with Crippen LogP contribution in [-0.4, -0.2) is 9.97 Å². The Morgan fingerprint density at radius 3 is 0.913 bits per heavy atom. The molecule has 7 rings (SSSR count). The van der Waals surface area contributed by atoms with Crippen LogP contribution < -0.4 is 10.6 Å². The first-order valence-electron chi connectivity index (χ1n) is 15.5. The highest BCUT2D eigenvalue weighted by Gasteiger charge is 2.39. The first-order valence-corrected chi connectivity index (χ1v) is 15.5. The number of aromatic nitrogens is 2. The maximum absolute atomic E-state index is 5.16. The third-order valence-corrected chi connectivity index (χ3v) is 8.51. The zero-order chi connectivity index (χ0) is 31.1. The molecular formula is C42H34N4. The third-order valence-electron chi connectivity index (χ3n) is 8.51. The van der Waals surface area contributed by atoms with Gasteiger partial charge in [0.2, 0.25) is 5.95 Å². The lowest BCUT2D eigenvalue weighted by atomic mass is 9.77. The Bertz CT molecular complexity index is 1630. The first-order chi connectivity index (χ1) is 22.8. The van der Waals surface area contributed by atoms with E-state index in [1.54, 1.807) is 0 Å². The van der Waals surface area contributed by atoms with Gasteiger partial charge in [-0.25, -0.2) is 4.98 Å². The van der Waals surface area contributed by atoms with Gasteiger partial charge in [0.15, 0.2) is 0 Å². The molecule has 0 radical (unpaired) electrons. The zero-order valence-corrected chi connectivity index (χ0v) is 25.4. The summed E-state index contributed by atoms with van der Waals surface area (Å²) in [5, 5.41) is 7.72. The SMILES string of the molecule is c1ccc(C(Nc2ccnc(NC(c3ccccc3)(c3ccccc3)c3ccccc3)n2)(c2ccccc2)c2ccccc2)cc1. The van der Waals surface area contributed by atoms with E-state index < -0.39 is 11.1 Å². The number of anilines is 2. The van der Waals surface area contributed by atoms with Gasteiger partial charge in [0.05, 0.1) is 0 Å². The largest absolute Gasteiger partial charge is 0.352 e. The fourth-order valence-electron chi connectivity index (χ4n) is 6.41. The minimum atomic E-state index is -0.752. The fourth-order valence-corrected chi connectivity index (χ4v) is 6.41. The van der Waals surface area contributed by atoms with E-state index in [4.69, 9.17) is 9.97 Å². The van der Waals surface area contributed by atoms with Crippen LogP contribution in [0.15, 0.2) is 194 Å². The minimum absolute atomic E-state index is 0.504. The Labute approximate surface area is 270 Å². The Kier molecular flexibility index (Phi) is 8.08. The third kappa shape index (κ3) is 5.42. The van der Waals surface area contributed by atoms with Gasteiger partial charge in [-0.15, -0.1) is 0 Å². The van der Waals surface area contributed by atoms with Gasteiger partial charge in [-0.1, -0.05) is 182 Å². The minimum Gasteiger partial charge on any atom is -0.352 e. The lowest BCUT2D eigenvalue weighted by Gasteiger charge is -2.38. The maximum Gasteiger partial charge on any atom is 0.225 e. The average Bonchev–Trinajstić information content (AvgIpc) is 3.15. The molecule has 0 aliphatic carbocycles. The zero-order valence-electron chi connectivity index (χ0n) is 25.4. The summed E-state index contributed by atoms with van der Waals surface area (Å²) in [6, 6.07) is 65.1. The Morgan fingerprint density at radius 1 is 0.326 bits per heavy atom. The van der Waals surface area contributed by atoms with Gasteiger partial charge in [-0.3, -0.25) is 0 Å². The van der Waals surface area contributed by atoms with Crippen molar-refractivity contribution in [3.63, 3.8) is 0 Å². The highest BCUT2D eigenvalue weighted by molar-refractivity contribution is 5.61. The topological polar surface area (TPSA) is 49.8 Å². The Morgan fingerprint density at radius 2 is 0.609 bits per heavy atom. The van der Waals surface area contributed by atoms with Crippen LogP contribution in [0.1, 0.15) is 33.4 Å². The van der Waals surface area contributed by atoms with E-state index in [1.807, 2.05) is 48.7 Å². The Hall–Kier alpha value is -6.00. The molecule has 0 spiro atoms. The highest BCUT2D eigenvalue weighted by Crippen LogP contribution is 2.41. The normalized spacial score (nSPS) is 11.5. The van der Waals surface area contributed by atoms with E-state index in [2.05, 4.69) is 156 Å². The van der Waals surface area contributed by atoms with Gasteiger partial charge in [-0.05, 0) is 39.4 Å². The van der Waals surface area contributed by atoms with Crippen molar-refractivity contribution in [1.29, 1.82) is 0 Å². The van der Waals surface area contributed by atoms with Crippen LogP contribution in [0.2, 0.25) is 0 Å². The van der Waals surface area contributed by atoms with Crippen molar-refractivity contribution in [3.8, 4) is 0 Å². The molecule has 0 atom stereocenters. The summed E-state index contributed by atoms with van der Waals surface area (Å²) in [6.07, 6.45) is 1.81. The number of hydrogen-bond donors (Lipinski definition) is 2. The second-order valence-corrected chi connectivity index (χ2v) is 11.2. The van der Waals surface area contributed by atoms with Gasteiger partial charge >= 0.3 is 0 Å². The summed E-state index contributed by atoms with van der Waals surface area (Å²) in [5.74, 6) is 1.20. The maximum atomic E-state index is 5.16. The van der Waals surface area contributed by atoms with E-state index in [-0.39, 0.29) is 0 Å². The standard InChI is InChI=1S/C42H34N4/c1-7-19-33(20-8-1)41(34-21-9-2-10-22-34,35-23-11-3-12-24-35)45-39-31-32-43-40(44-39)46-42(36-25-13-4-14-26-36,37-27-15-5-16-28-37)38-29-17-6-18-30-38/h1-32H,(H2,43,44,45,46). The molecule has 0 fully saturated rings. The predicted molar refractivity (Wildman–Crippen MR) is 188 cm³/mol. The molecule has 0 saturated heterocycles. The van der Waals surface area contributed by atoms with Crippen LogP contribution in [0.3, 0.4) is 0 Å². The fraction of sp³-hybridized carbons (Fsp3) is 0.0476. The van der Waals surface area contributed by atoms with Crippen molar-refractivity contribution in [2.45, 2.75) is 11.1 Å². The first kappa shape index (κ1) is 28.8. The van der Waals surface area contributed by atoms with Crippen LogP contribution in [0, 0.1) is 0 Å². The van der Waals surface area contributed by atoms with Crippen molar-refractivity contribution in [3.05, 3.63) is 228 Å². The number of nitrogens with zero attached hydrogens (tertiary/aromatic N) is 2.